The lowest BCUT2D eigenvalue weighted by molar-refractivity contribution is -0.141. The summed E-state index contributed by atoms with van der Waals surface area (Å²) in [5.74, 6) is -0.592. The Labute approximate surface area is 163 Å². The summed E-state index contributed by atoms with van der Waals surface area (Å²) >= 11 is 15.2. The Morgan fingerprint density at radius 2 is 2.04 bits per heavy atom. The summed E-state index contributed by atoms with van der Waals surface area (Å²) in [4.78, 5) is 15.3. The third kappa shape index (κ3) is 5.15. The van der Waals surface area contributed by atoms with Crippen LogP contribution in [0.5, 0.6) is 0 Å². The number of rotatable bonds is 6. The van der Waals surface area contributed by atoms with Gasteiger partial charge in [-0.2, -0.15) is 0 Å². The Hall–Kier alpha value is -1.19. The molecule has 134 valence electrons. The fourth-order valence-corrected chi connectivity index (χ4v) is 4.49. The molecular formula is C15H13BrCl2N2O4S. The maximum atomic E-state index is 12.7. The standard InChI is InChI=1S/C15H13BrCl2N2O4S/c1-24-14(21)7-12(10-4-2-3-5-11(10)17)20-25(22,23)13-6-9(16)8-19-15(13)18/h2-6,8,12,20H,7H2,1H3. The number of halogens is 3. The van der Waals surface area contributed by atoms with Crippen LogP contribution in [0.3, 0.4) is 0 Å². The van der Waals surface area contributed by atoms with Crippen LogP contribution in [0, 0.1) is 0 Å². The molecule has 25 heavy (non-hydrogen) atoms. The average Bonchev–Trinajstić information content (AvgIpc) is 2.56. The maximum Gasteiger partial charge on any atom is 0.307 e. The van der Waals surface area contributed by atoms with Gasteiger partial charge in [0.05, 0.1) is 19.6 Å². The number of nitrogens with one attached hydrogen (secondary N) is 1. The minimum absolute atomic E-state index is 0.188. The Kier molecular flexibility index (Phi) is 6.81. The molecule has 0 aliphatic heterocycles. The molecule has 1 atom stereocenters. The molecule has 1 aromatic carbocycles. The molecule has 0 aliphatic carbocycles. The second kappa shape index (κ2) is 8.46. The lowest BCUT2D eigenvalue weighted by Gasteiger charge is -2.19. The van der Waals surface area contributed by atoms with Crippen molar-refractivity contribution in [1.82, 2.24) is 9.71 Å². The SMILES string of the molecule is COC(=O)CC(NS(=O)(=O)c1cc(Br)cnc1Cl)c1ccccc1Cl. The van der Waals surface area contributed by atoms with Gasteiger partial charge >= 0.3 is 5.97 Å². The van der Waals surface area contributed by atoms with Gasteiger partial charge < -0.3 is 4.74 Å². The highest BCUT2D eigenvalue weighted by Crippen LogP contribution is 2.29. The predicted octanol–water partition coefficient (Wildman–Crippen LogP) is 3.73. The number of nitrogens with zero attached hydrogens (tertiary/aromatic N) is 1. The molecular weight excluding hydrogens is 455 g/mol. The van der Waals surface area contributed by atoms with E-state index < -0.39 is 22.0 Å². The number of esters is 1. The number of pyridine rings is 1. The summed E-state index contributed by atoms with van der Waals surface area (Å²) in [6, 6.07) is 7.00. The van der Waals surface area contributed by atoms with E-state index in [0.29, 0.717) is 15.1 Å². The molecule has 0 aliphatic rings. The summed E-state index contributed by atoms with van der Waals surface area (Å²) in [6.07, 6.45) is 1.14. The lowest BCUT2D eigenvalue weighted by atomic mass is 10.1. The summed E-state index contributed by atoms with van der Waals surface area (Å²) in [6.45, 7) is 0. The molecule has 1 unspecified atom stereocenters. The molecule has 0 spiro atoms. The smallest absolute Gasteiger partial charge is 0.307 e. The van der Waals surface area contributed by atoms with Crippen LogP contribution in [0.4, 0.5) is 0 Å². The van der Waals surface area contributed by atoms with Gasteiger partial charge in [-0.15, -0.1) is 0 Å². The molecule has 1 N–H and O–H groups in total. The highest BCUT2D eigenvalue weighted by molar-refractivity contribution is 9.10. The minimum Gasteiger partial charge on any atom is -0.469 e. The van der Waals surface area contributed by atoms with Crippen molar-refractivity contribution < 1.29 is 17.9 Å². The molecule has 10 heteroatoms. The molecule has 1 heterocycles. The van der Waals surface area contributed by atoms with Crippen molar-refractivity contribution in [3.05, 3.63) is 56.7 Å². The largest absolute Gasteiger partial charge is 0.469 e. The first-order valence-corrected chi connectivity index (χ1v) is 9.92. The van der Waals surface area contributed by atoms with E-state index in [0.717, 1.165) is 0 Å². The first-order valence-electron chi connectivity index (χ1n) is 6.89. The second-order valence-electron chi connectivity index (χ2n) is 4.92. The van der Waals surface area contributed by atoms with E-state index in [1.165, 1.54) is 19.4 Å². The van der Waals surface area contributed by atoms with E-state index in [4.69, 9.17) is 23.2 Å². The molecule has 0 radical (unpaired) electrons. The molecule has 6 nitrogen and oxygen atoms in total. The lowest BCUT2D eigenvalue weighted by Crippen LogP contribution is -2.31. The van der Waals surface area contributed by atoms with Crippen LogP contribution in [0.25, 0.3) is 0 Å². The van der Waals surface area contributed by atoms with Crippen LogP contribution in [0.2, 0.25) is 10.2 Å². The molecule has 0 saturated heterocycles. The van der Waals surface area contributed by atoms with Gasteiger partial charge in [-0.3, -0.25) is 4.79 Å². The molecule has 2 aromatic rings. The number of carbonyl (C=O) groups excluding carboxylic acids is 1. The predicted molar refractivity (Wildman–Crippen MR) is 98.1 cm³/mol. The highest BCUT2D eigenvalue weighted by atomic mass is 79.9. The fraction of sp³-hybridized carbons (Fsp3) is 0.200. The Balaban J connectivity index is 2.43. The zero-order valence-electron chi connectivity index (χ0n) is 12.9. The van der Waals surface area contributed by atoms with Crippen LogP contribution in [-0.2, 0) is 19.6 Å². The average molecular weight is 468 g/mol. The van der Waals surface area contributed by atoms with Crippen molar-refractivity contribution >= 4 is 55.1 Å². The number of hydrogen-bond donors (Lipinski definition) is 1. The van der Waals surface area contributed by atoms with E-state index in [1.807, 2.05) is 0 Å². The van der Waals surface area contributed by atoms with Gasteiger partial charge in [0.2, 0.25) is 10.0 Å². The van der Waals surface area contributed by atoms with Crippen LogP contribution < -0.4 is 4.72 Å². The van der Waals surface area contributed by atoms with Crippen LogP contribution in [0.1, 0.15) is 18.0 Å². The fourth-order valence-electron chi connectivity index (χ4n) is 2.07. The quantitative estimate of drug-likeness (QED) is 0.516. The Morgan fingerprint density at radius 3 is 2.68 bits per heavy atom. The number of carbonyl (C=O) groups is 1. The van der Waals surface area contributed by atoms with Crippen LogP contribution in [-0.4, -0.2) is 26.5 Å². The van der Waals surface area contributed by atoms with Gasteiger partial charge in [-0.1, -0.05) is 41.4 Å². The summed E-state index contributed by atoms with van der Waals surface area (Å²) in [7, 11) is -2.85. The second-order valence-corrected chi connectivity index (χ2v) is 8.28. The van der Waals surface area contributed by atoms with Gasteiger partial charge in [-0.05, 0) is 33.6 Å². The van der Waals surface area contributed by atoms with Crippen molar-refractivity contribution in [1.29, 1.82) is 0 Å². The first kappa shape index (κ1) is 20.1. The third-order valence-electron chi connectivity index (χ3n) is 3.24. The first-order chi connectivity index (χ1) is 11.7. The van der Waals surface area contributed by atoms with E-state index >= 15 is 0 Å². The number of hydrogen-bond acceptors (Lipinski definition) is 5. The summed E-state index contributed by atoms with van der Waals surface area (Å²) in [5, 5.41) is 0.129. The van der Waals surface area contributed by atoms with Crippen molar-refractivity contribution in [2.45, 2.75) is 17.4 Å². The van der Waals surface area contributed by atoms with Crippen molar-refractivity contribution in [3.63, 3.8) is 0 Å². The van der Waals surface area contributed by atoms with Gasteiger partial charge in [0.1, 0.15) is 10.0 Å². The number of aromatic nitrogens is 1. The Morgan fingerprint density at radius 1 is 1.36 bits per heavy atom. The van der Waals surface area contributed by atoms with E-state index in [9.17, 15) is 13.2 Å². The molecule has 0 bridgehead atoms. The zero-order chi connectivity index (χ0) is 18.6. The maximum absolute atomic E-state index is 12.7. The monoisotopic (exact) mass is 466 g/mol. The van der Waals surface area contributed by atoms with Gasteiger partial charge in [0.15, 0.2) is 0 Å². The Bertz CT molecular complexity index is 893. The molecule has 0 amide bonds. The van der Waals surface area contributed by atoms with Gasteiger partial charge in [0, 0.05) is 15.7 Å². The number of benzene rings is 1. The molecule has 1 aromatic heterocycles. The van der Waals surface area contributed by atoms with Crippen LogP contribution >= 0.6 is 39.1 Å². The topological polar surface area (TPSA) is 85.4 Å². The van der Waals surface area contributed by atoms with Crippen molar-refractivity contribution in [2.24, 2.45) is 0 Å². The van der Waals surface area contributed by atoms with E-state index in [2.05, 4.69) is 30.4 Å². The number of ether oxygens (including phenoxy) is 1. The van der Waals surface area contributed by atoms with Gasteiger partial charge in [-0.25, -0.2) is 18.1 Å². The number of sulfonamides is 1. The molecule has 0 fully saturated rings. The molecule has 2 rings (SSSR count). The summed E-state index contributed by atoms with van der Waals surface area (Å²) < 4.78 is 33.0. The highest BCUT2D eigenvalue weighted by Gasteiger charge is 2.27. The minimum atomic E-state index is -4.07. The van der Waals surface area contributed by atoms with Gasteiger partial charge in [0.25, 0.3) is 0 Å². The van der Waals surface area contributed by atoms with E-state index in [-0.39, 0.29) is 16.5 Å². The van der Waals surface area contributed by atoms with Crippen molar-refractivity contribution in [2.75, 3.05) is 7.11 Å². The summed E-state index contributed by atoms with van der Waals surface area (Å²) in [5.41, 5.74) is 0.442. The molecule has 0 saturated carbocycles. The normalized spacial score (nSPS) is 12.6. The number of methoxy groups -OCH3 is 1. The zero-order valence-corrected chi connectivity index (χ0v) is 16.8. The van der Waals surface area contributed by atoms with E-state index in [1.54, 1.807) is 24.3 Å². The van der Waals surface area contributed by atoms with Crippen LogP contribution in [0.15, 0.2) is 45.9 Å². The van der Waals surface area contributed by atoms with Crippen molar-refractivity contribution in [3.8, 4) is 0 Å². The third-order valence-corrected chi connectivity index (χ3v) is 5.92.